The molecule has 3 aliphatic heterocycles. The van der Waals surface area contributed by atoms with Gasteiger partial charge in [0.15, 0.2) is 12.6 Å². The lowest BCUT2D eigenvalue weighted by Crippen LogP contribution is -2.43. The number of nitrogens with zero attached hydrogens (tertiary/aromatic N) is 5. The largest absolute Gasteiger partial charge is 0.468 e. The molecule has 1 saturated carbocycles. The number of benzene rings is 2. The summed E-state index contributed by atoms with van der Waals surface area (Å²) in [5.41, 5.74) is 5.63. The summed E-state index contributed by atoms with van der Waals surface area (Å²) in [6.45, 7) is 17.0. The average Bonchev–Trinajstić information content (AvgIpc) is 3.97. The molecular weight excluding hydrogens is 772 g/mol. The van der Waals surface area contributed by atoms with E-state index in [1.807, 2.05) is 6.07 Å². The fourth-order valence-electron chi connectivity index (χ4n) is 10.4. The molecule has 4 aliphatic rings. The van der Waals surface area contributed by atoms with E-state index in [1.54, 1.807) is 12.1 Å². The third-order valence-electron chi connectivity index (χ3n) is 13.4. The van der Waals surface area contributed by atoms with E-state index in [1.165, 1.54) is 13.2 Å². The van der Waals surface area contributed by atoms with Crippen molar-refractivity contribution in [2.45, 2.75) is 114 Å². The zero-order valence-electron chi connectivity index (χ0n) is 35.6. The van der Waals surface area contributed by atoms with Crippen molar-refractivity contribution in [2.24, 2.45) is 0 Å². The molecule has 2 aromatic carbocycles. The van der Waals surface area contributed by atoms with Gasteiger partial charge in [0, 0.05) is 56.6 Å². The van der Waals surface area contributed by atoms with E-state index < -0.39 is 31.4 Å². The van der Waals surface area contributed by atoms with Gasteiger partial charge in [-0.2, -0.15) is 9.97 Å². The van der Waals surface area contributed by atoms with Crippen LogP contribution in [-0.4, -0.2) is 99.5 Å². The van der Waals surface area contributed by atoms with Gasteiger partial charge >= 0.3 is 6.01 Å². The third-order valence-corrected chi connectivity index (χ3v) is 19.7. The highest BCUT2D eigenvalue weighted by molar-refractivity contribution is 6.90. The van der Waals surface area contributed by atoms with Crippen molar-refractivity contribution in [3.05, 3.63) is 47.2 Å². The minimum Gasteiger partial charge on any atom is -0.468 e. The van der Waals surface area contributed by atoms with Gasteiger partial charge < -0.3 is 23.8 Å². The number of fused-ring (bicyclic) bond motifs is 3. The van der Waals surface area contributed by atoms with E-state index in [9.17, 15) is 4.39 Å². The highest BCUT2D eigenvalue weighted by atomic mass is 28.3. The molecule has 13 heteroatoms. The monoisotopic (exact) mass is 829 g/mol. The SMILES string of the molecule is COCOc1cc(-c2nc(C3CC3)c3c(N4CCCOCC4)nc(OC[C@@]45CCCN4C[C@H](F)C5)nc3c2F)c2c(C#C[Si](C(C)C)(C(C)C)C(C)C)c(F)ccc2c1. The molecule has 4 aromatic rings. The summed E-state index contributed by atoms with van der Waals surface area (Å²) in [4.78, 5) is 19.3. The molecule has 0 unspecified atom stereocenters. The normalized spacial score (nSPS) is 21.4. The van der Waals surface area contributed by atoms with Crippen molar-refractivity contribution >= 4 is 35.6 Å². The number of halogens is 3. The van der Waals surface area contributed by atoms with Gasteiger partial charge in [0.1, 0.15) is 49.4 Å². The number of alkyl halides is 1. The van der Waals surface area contributed by atoms with Crippen molar-refractivity contribution < 1.29 is 32.1 Å². The van der Waals surface area contributed by atoms with Crippen LogP contribution in [0.15, 0.2) is 24.3 Å². The van der Waals surface area contributed by atoms with Crippen LogP contribution in [0.3, 0.4) is 0 Å². The van der Waals surface area contributed by atoms with Gasteiger partial charge in [-0.15, -0.1) is 5.54 Å². The standard InChI is InChI=1S/C46H58F3N5O4Si/c1-28(2)59(29(3)4,30(5)6)21-14-35-37(48)13-12-32-22-34(58-27-55-7)23-36(38(32)35)42-40(49)43-39(41(50-42)31-10-11-31)44(53-16-9-19-56-20-18-53)52-45(51-43)57-26-46-15-8-17-54(46)25-33(47)24-46/h12-13,22-23,28-31,33H,8-11,15-20,24-27H2,1-7H3/t33-,46+/m1/s1. The molecule has 2 atom stereocenters. The predicted molar refractivity (Wildman–Crippen MR) is 229 cm³/mol. The van der Waals surface area contributed by atoms with E-state index in [2.05, 4.69) is 62.8 Å². The maximum Gasteiger partial charge on any atom is 0.319 e. The molecule has 0 spiro atoms. The average molecular weight is 830 g/mol. The number of rotatable bonds is 12. The zero-order valence-corrected chi connectivity index (χ0v) is 36.6. The van der Waals surface area contributed by atoms with Crippen LogP contribution in [0.5, 0.6) is 11.8 Å². The number of ether oxygens (including phenoxy) is 4. The van der Waals surface area contributed by atoms with E-state index in [0.717, 1.165) is 38.6 Å². The topological polar surface area (TPSA) is 82.1 Å². The van der Waals surface area contributed by atoms with E-state index in [-0.39, 0.29) is 42.1 Å². The molecule has 0 amide bonds. The second kappa shape index (κ2) is 16.8. The summed E-state index contributed by atoms with van der Waals surface area (Å²) in [5, 5.41) is 1.66. The minimum atomic E-state index is -2.30. The molecule has 0 bridgehead atoms. The number of hydrogen-bond acceptors (Lipinski definition) is 9. The lowest BCUT2D eigenvalue weighted by Gasteiger charge is -2.38. The zero-order chi connectivity index (χ0) is 41.6. The van der Waals surface area contributed by atoms with Crippen molar-refractivity contribution in [3.63, 3.8) is 0 Å². The summed E-state index contributed by atoms with van der Waals surface area (Å²) in [6.07, 6.45) is 3.78. The molecule has 9 nitrogen and oxygen atoms in total. The Morgan fingerprint density at radius 1 is 0.932 bits per heavy atom. The van der Waals surface area contributed by atoms with Gasteiger partial charge in [-0.05, 0) is 78.9 Å². The Balaban J connectivity index is 1.37. The van der Waals surface area contributed by atoms with Crippen LogP contribution in [-0.2, 0) is 9.47 Å². The molecule has 5 heterocycles. The maximum absolute atomic E-state index is 18.0. The summed E-state index contributed by atoms with van der Waals surface area (Å²) < 4.78 is 72.7. The Kier molecular flexibility index (Phi) is 11.9. The van der Waals surface area contributed by atoms with E-state index >= 15 is 8.78 Å². The number of anilines is 1. The molecule has 0 N–H and O–H groups in total. The third kappa shape index (κ3) is 7.79. The Morgan fingerprint density at radius 2 is 1.71 bits per heavy atom. The molecule has 8 rings (SSSR count). The van der Waals surface area contributed by atoms with Gasteiger partial charge in [-0.1, -0.05) is 53.5 Å². The van der Waals surface area contributed by atoms with Crippen LogP contribution in [0, 0.1) is 23.1 Å². The molecule has 4 fully saturated rings. The first-order valence-corrected chi connectivity index (χ1v) is 23.8. The fraction of sp³-hybridized carbons (Fsp3) is 0.587. The first-order valence-electron chi connectivity index (χ1n) is 21.5. The summed E-state index contributed by atoms with van der Waals surface area (Å²) in [6, 6.07) is 6.67. The van der Waals surface area contributed by atoms with E-state index in [4.69, 9.17) is 33.9 Å². The molecule has 1 aliphatic carbocycles. The molecule has 2 aromatic heterocycles. The van der Waals surface area contributed by atoms with Crippen LogP contribution >= 0.6 is 0 Å². The second-order valence-corrected chi connectivity index (χ2v) is 23.6. The van der Waals surface area contributed by atoms with Gasteiger partial charge in [0.25, 0.3) is 0 Å². The Morgan fingerprint density at radius 3 is 2.44 bits per heavy atom. The lowest BCUT2D eigenvalue weighted by molar-refractivity contribution is 0.0512. The predicted octanol–water partition coefficient (Wildman–Crippen LogP) is 9.73. The number of methoxy groups -OCH3 is 1. The number of pyridine rings is 1. The van der Waals surface area contributed by atoms with Crippen molar-refractivity contribution in [1.82, 2.24) is 19.9 Å². The van der Waals surface area contributed by atoms with Crippen molar-refractivity contribution in [2.75, 3.05) is 64.8 Å². The van der Waals surface area contributed by atoms with Gasteiger partial charge in [-0.25, -0.2) is 18.2 Å². The minimum absolute atomic E-state index is 0.0347. The Hall–Kier alpha value is -3.96. The van der Waals surface area contributed by atoms with Gasteiger partial charge in [0.05, 0.1) is 28.8 Å². The molecule has 59 heavy (non-hydrogen) atoms. The molecular formula is C46H58F3N5O4Si. The van der Waals surface area contributed by atoms with Crippen LogP contribution in [0.2, 0.25) is 16.6 Å². The summed E-state index contributed by atoms with van der Waals surface area (Å²) >= 11 is 0. The fourth-order valence-corrected chi connectivity index (χ4v) is 15.6. The van der Waals surface area contributed by atoms with E-state index in [0.29, 0.717) is 94.9 Å². The number of hydrogen-bond donors (Lipinski definition) is 0. The second-order valence-electron chi connectivity index (χ2n) is 18.0. The number of aromatic nitrogens is 3. The summed E-state index contributed by atoms with van der Waals surface area (Å²) in [5.74, 6) is 3.27. The van der Waals surface area contributed by atoms with Crippen LogP contribution in [0.1, 0.15) is 97.2 Å². The quantitative estimate of drug-likeness (QED) is 0.0788. The highest BCUT2D eigenvalue weighted by Crippen LogP contribution is 2.48. The van der Waals surface area contributed by atoms with Crippen LogP contribution in [0.25, 0.3) is 32.9 Å². The van der Waals surface area contributed by atoms with Crippen molar-refractivity contribution in [1.29, 1.82) is 0 Å². The smallest absolute Gasteiger partial charge is 0.319 e. The first kappa shape index (κ1) is 41.8. The Bertz CT molecular complexity index is 2250. The molecule has 0 radical (unpaired) electrons. The Labute approximate surface area is 347 Å². The maximum atomic E-state index is 18.0. The molecule has 3 saturated heterocycles. The van der Waals surface area contributed by atoms with Gasteiger partial charge in [0.2, 0.25) is 0 Å². The van der Waals surface area contributed by atoms with Crippen LogP contribution in [0.4, 0.5) is 19.0 Å². The van der Waals surface area contributed by atoms with Gasteiger partial charge in [-0.3, -0.25) is 4.90 Å². The molecule has 316 valence electrons. The highest BCUT2D eigenvalue weighted by Gasteiger charge is 2.49. The summed E-state index contributed by atoms with van der Waals surface area (Å²) in [7, 11) is -0.765. The first-order chi connectivity index (χ1) is 28.4. The lowest BCUT2D eigenvalue weighted by atomic mass is 9.95. The van der Waals surface area contributed by atoms with Crippen molar-refractivity contribution in [3.8, 4) is 34.5 Å². The van der Waals surface area contributed by atoms with Crippen LogP contribution < -0.4 is 14.4 Å².